The molecule has 1 aliphatic heterocycles. The first-order valence-electron chi connectivity index (χ1n) is 6.72. The molecule has 0 bridgehead atoms. The lowest BCUT2D eigenvalue weighted by atomic mass is 9.93. The van der Waals surface area contributed by atoms with Crippen molar-refractivity contribution >= 4 is 27.8 Å². The lowest BCUT2D eigenvalue weighted by molar-refractivity contribution is -0.137. The summed E-state index contributed by atoms with van der Waals surface area (Å²) >= 11 is 3.30. The Morgan fingerprint density at radius 2 is 2.30 bits per heavy atom. The molecule has 0 aliphatic carbocycles. The van der Waals surface area contributed by atoms with E-state index in [1.165, 1.54) is 0 Å². The Kier molecular flexibility index (Phi) is 5.17. The van der Waals surface area contributed by atoms with Gasteiger partial charge < -0.3 is 10.0 Å². The molecule has 0 spiro atoms. The fourth-order valence-electron chi connectivity index (χ4n) is 2.52. The number of carbonyl (C=O) groups is 2. The third-order valence-corrected chi connectivity index (χ3v) is 3.95. The highest BCUT2D eigenvalue weighted by Gasteiger charge is 2.24. The van der Waals surface area contributed by atoms with E-state index in [9.17, 15) is 9.59 Å². The number of likely N-dealkylation sites (tertiary alicyclic amines) is 1. The number of aromatic nitrogens is 2. The zero-order chi connectivity index (χ0) is 14.5. The van der Waals surface area contributed by atoms with E-state index in [2.05, 4.69) is 21.0 Å². The Morgan fingerprint density at radius 3 is 2.95 bits per heavy atom. The van der Waals surface area contributed by atoms with Gasteiger partial charge in [0.2, 0.25) is 5.91 Å². The van der Waals surface area contributed by atoms with Crippen LogP contribution in [0.2, 0.25) is 0 Å². The minimum atomic E-state index is -0.769. The quantitative estimate of drug-likeness (QED) is 0.883. The summed E-state index contributed by atoms with van der Waals surface area (Å²) in [6, 6.07) is 0. The Morgan fingerprint density at radius 1 is 1.50 bits per heavy atom. The van der Waals surface area contributed by atoms with Crippen LogP contribution >= 0.6 is 15.9 Å². The molecular formula is C13H18BrN3O3. The van der Waals surface area contributed by atoms with Gasteiger partial charge in [0.05, 0.1) is 10.7 Å². The van der Waals surface area contributed by atoms with Crippen LogP contribution in [0, 0.1) is 5.92 Å². The van der Waals surface area contributed by atoms with E-state index in [0.717, 1.165) is 23.9 Å². The summed E-state index contributed by atoms with van der Waals surface area (Å²) in [4.78, 5) is 24.6. The predicted molar refractivity (Wildman–Crippen MR) is 76.1 cm³/mol. The number of carboxylic acid groups (broad SMARTS) is 1. The Bertz CT molecular complexity index is 489. The standard InChI is InChI=1S/C13H18BrN3O3/c14-11-6-15-17(8-11)9-12(18)16-5-1-2-10(7-16)3-4-13(19)20/h6,8,10H,1-5,7,9H2,(H,19,20). The van der Waals surface area contributed by atoms with E-state index in [1.54, 1.807) is 17.1 Å². The first-order valence-corrected chi connectivity index (χ1v) is 7.51. The number of halogens is 1. The van der Waals surface area contributed by atoms with Crippen LogP contribution in [0.1, 0.15) is 25.7 Å². The van der Waals surface area contributed by atoms with Crippen LogP contribution in [0.5, 0.6) is 0 Å². The molecule has 1 aromatic heterocycles. The average molecular weight is 344 g/mol. The molecule has 110 valence electrons. The zero-order valence-electron chi connectivity index (χ0n) is 11.2. The molecule has 7 heteroatoms. The maximum atomic E-state index is 12.2. The normalized spacial score (nSPS) is 19.1. The van der Waals surface area contributed by atoms with E-state index in [4.69, 9.17) is 5.11 Å². The van der Waals surface area contributed by atoms with Crippen LogP contribution in [0.25, 0.3) is 0 Å². The molecule has 1 amide bonds. The SMILES string of the molecule is O=C(O)CCC1CCCN(C(=O)Cn2cc(Br)cn2)C1. The number of amides is 1. The van der Waals surface area contributed by atoms with Crippen molar-refractivity contribution in [1.29, 1.82) is 0 Å². The second kappa shape index (κ2) is 6.88. The molecule has 1 aliphatic rings. The first-order chi connectivity index (χ1) is 9.54. The predicted octanol–water partition coefficient (Wildman–Crippen LogP) is 1.75. The average Bonchev–Trinajstić information content (AvgIpc) is 2.82. The highest BCUT2D eigenvalue weighted by Crippen LogP contribution is 2.21. The molecule has 2 rings (SSSR count). The largest absolute Gasteiger partial charge is 0.481 e. The molecule has 0 aromatic carbocycles. The lowest BCUT2D eigenvalue weighted by Gasteiger charge is -2.32. The van der Waals surface area contributed by atoms with Crippen LogP contribution in [-0.2, 0) is 16.1 Å². The van der Waals surface area contributed by atoms with Gasteiger partial charge in [-0.3, -0.25) is 14.3 Å². The summed E-state index contributed by atoms with van der Waals surface area (Å²) in [6.07, 6.45) is 6.19. The van der Waals surface area contributed by atoms with E-state index in [0.29, 0.717) is 18.9 Å². The van der Waals surface area contributed by atoms with Gasteiger partial charge in [0.1, 0.15) is 6.54 Å². The molecular weight excluding hydrogens is 326 g/mol. The van der Waals surface area contributed by atoms with E-state index in [1.807, 2.05) is 4.90 Å². The highest BCUT2D eigenvalue weighted by atomic mass is 79.9. The summed E-state index contributed by atoms with van der Waals surface area (Å²) in [6.45, 7) is 1.65. The third-order valence-electron chi connectivity index (χ3n) is 3.54. The smallest absolute Gasteiger partial charge is 0.303 e. The van der Waals surface area contributed by atoms with Gasteiger partial charge in [-0.2, -0.15) is 5.10 Å². The number of rotatable bonds is 5. The minimum absolute atomic E-state index is 0.0422. The van der Waals surface area contributed by atoms with E-state index in [-0.39, 0.29) is 18.9 Å². The minimum Gasteiger partial charge on any atom is -0.481 e. The van der Waals surface area contributed by atoms with Gasteiger partial charge in [-0.05, 0) is 41.1 Å². The number of carboxylic acids is 1. The topological polar surface area (TPSA) is 75.4 Å². The maximum Gasteiger partial charge on any atom is 0.303 e. The molecule has 0 saturated carbocycles. The van der Waals surface area contributed by atoms with Crippen molar-refractivity contribution in [3.8, 4) is 0 Å². The van der Waals surface area contributed by atoms with Crippen molar-refractivity contribution in [3.63, 3.8) is 0 Å². The maximum absolute atomic E-state index is 12.2. The van der Waals surface area contributed by atoms with Crippen molar-refractivity contribution in [2.24, 2.45) is 5.92 Å². The molecule has 20 heavy (non-hydrogen) atoms. The summed E-state index contributed by atoms with van der Waals surface area (Å²) in [7, 11) is 0. The van der Waals surface area contributed by atoms with Gasteiger partial charge >= 0.3 is 5.97 Å². The molecule has 1 aromatic rings. The second-order valence-electron chi connectivity index (χ2n) is 5.14. The summed E-state index contributed by atoms with van der Waals surface area (Å²) in [5.74, 6) is -0.427. The van der Waals surface area contributed by atoms with Crippen LogP contribution in [0.4, 0.5) is 0 Å². The number of piperidine rings is 1. The highest BCUT2D eigenvalue weighted by molar-refractivity contribution is 9.10. The van der Waals surface area contributed by atoms with Crippen molar-refractivity contribution < 1.29 is 14.7 Å². The molecule has 1 atom stereocenters. The fraction of sp³-hybridized carbons (Fsp3) is 0.615. The Labute approximate surface area is 125 Å². The van der Waals surface area contributed by atoms with Crippen molar-refractivity contribution in [2.75, 3.05) is 13.1 Å². The molecule has 2 heterocycles. The van der Waals surface area contributed by atoms with Crippen LogP contribution in [0.15, 0.2) is 16.9 Å². The summed E-state index contributed by atoms with van der Waals surface area (Å²) in [5.41, 5.74) is 0. The summed E-state index contributed by atoms with van der Waals surface area (Å²) in [5, 5.41) is 12.8. The van der Waals surface area contributed by atoms with Crippen LogP contribution in [0.3, 0.4) is 0 Å². The molecule has 1 fully saturated rings. The van der Waals surface area contributed by atoms with E-state index >= 15 is 0 Å². The van der Waals surface area contributed by atoms with Crippen molar-refractivity contribution in [3.05, 3.63) is 16.9 Å². The number of carbonyl (C=O) groups excluding carboxylic acids is 1. The number of nitrogens with zero attached hydrogens (tertiary/aromatic N) is 3. The van der Waals surface area contributed by atoms with Crippen LogP contribution in [-0.4, -0.2) is 44.8 Å². The number of hydrogen-bond acceptors (Lipinski definition) is 3. The van der Waals surface area contributed by atoms with Gasteiger partial charge in [0.15, 0.2) is 0 Å². The van der Waals surface area contributed by atoms with Gasteiger partial charge in [0.25, 0.3) is 0 Å². The first kappa shape index (κ1) is 15.0. The molecule has 1 unspecified atom stereocenters. The van der Waals surface area contributed by atoms with E-state index < -0.39 is 5.97 Å². The van der Waals surface area contributed by atoms with Gasteiger partial charge in [0, 0.05) is 25.7 Å². The molecule has 6 nitrogen and oxygen atoms in total. The van der Waals surface area contributed by atoms with Crippen molar-refractivity contribution in [2.45, 2.75) is 32.2 Å². The molecule has 0 radical (unpaired) electrons. The fourth-order valence-corrected chi connectivity index (χ4v) is 2.85. The molecule has 1 N–H and O–H groups in total. The number of aliphatic carboxylic acids is 1. The lowest BCUT2D eigenvalue weighted by Crippen LogP contribution is -2.41. The Balaban J connectivity index is 1.84. The monoisotopic (exact) mass is 343 g/mol. The second-order valence-corrected chi connectivity index (χ2v) is 6.05. The Hall–Kier alpha value is -1.37. The zero-order valence-corrected chi connectivity index (χ0v) is 12.8. The van der Waals surface area contributed by atoms with Crippen molar-refractivity contribution in [1.82, 2.24) is 14.7 Å². The third kappa shape index (κ3) is 4.33. The summed E-state index contributed by atoms with van der Waals surface area (Å²) < 4.78 is 2.45. The van der Waals surface area contributed by atoms with Crippen LogP contribution < -0.4 is 0 Å². The molecule has 1 saturated heterocycles. The van der Waals surface area contributed by atoms with Gasteiger partial charge in [-0.15, -0.1) is 0 Å². The van der Waals surface area contributed by atoms with Gasteiger partial charge in [-0.25, -0.2) is 0 Å². The number of hydrogen-bond donors (Lipinski definition) is 1. The van der Waals surface area contributed by atoms with Gasteiger partial charge in [-0.1, -0.05) is 0 Å².